The SMILES string of the molecule is Cc1cccc([N+](=O)[O-])c1NC1CCN(S(=O)(=O)C2CC2)CC1. The minimum Gasteiger partial charge on any atom is -0.376 e. The van der Waals surface area contributed by atoms with Gasteiger partial charge in [0.1, 0.15) is 5.69 Å². The van der Waals surface area contributed by atoms with E-state index < -0.39 is 10.0 Å². The van der Waals surface area contributed by atoms with Gasteiger partial charge in [-0.2, -0.15) is 0 Å². The van der Waals surface area contributed by atoms with Crippen LogP contribution in [0.1, 0.15) is 31.2 Å². The molecule has 2 aliphatic rings. The van der Waals surface area contributed by atoms with Gasteiger partial charge in [-0.1, -0.05) is 12.1 Å². The second-order valence-corrected chi connectivity index (χ2v) is 8.50. The highest BCUT2D eigenvalue weighted by Gasteiger charge is 2.41. The summed E-state index contributed by atoms with van der Waals surface area (Å²) in [7, 11) is -3.12. The Bertz CT molecular complexity index is 707. The average molecular weight is 339 g/mol. The summed E-state index contributed by atoms with van der Waals surface area (Å²) in [5, 5.41) is 14.2. The Labute approximate surface area is 135 Å². The fourth-order valence-electron chi connectivity index (χ4n) is 3.03. The number of anilines is 1. The Balaban J connectivity index is 1.67. The summed E-state index contributed by atoms with van der Waals surface area (Å²) in [6, 6.07) is 5.05. The van der Waals surface area contributed by atoms with Crippen LogP contribution in [0.3, 0.4) is 0 Å². The predicted octanol–water partition coefficient (Wildman–Crippen LogP) is 2.27. The minimum absolute atomic E-state index is 0.0560. The second-order valence-electron chi connectivity index (χ2n) is 6.29. The van der Waals surface area contributed by atoms with Gasteiger partial charge in [0, 0.05) is 25.2 Å². The van der Waals surface area contributed by atoms with E-state index in [1.54, 1.807) is 10.4 Å². The van der Waals surface area contributed by atoms with Crippen molar-refractivity contribution in [3.8, 4) is 0 Å². The molecule has 7 nitrogen and oxygen atoms in total. The number of nitro benzene ring substituents is 1. The summed E-state index contributed by atoms with van der Waals surface area (Å²) in [6.45, 7) is 2.80. The first-order chi connectivity index (χ1) is 10.9. The molecule has 23 heavy (non-hydrogen) atoms. The zero-order valence-corrected chi connectivity index (χ0v) is 13.9. The largest absolute Gasteiger partial charge is 0.376 e. The van der Waals surface area contributed by atoms with E-state index in [0.717, 1.165) is 18.4 Å². The fraction of sp³-hybridized carbons (Fsp3) is 0.600. The van der Waals surface area contributed by atoms with Crippen molar-refractivity contribution >= 4 is 21.4 Å². The third-order valence-corrected chi connectivity index (χ3v) is 6.95. The Hall–Kier alpha value is -1.67. The number of sulfonamides is 1. The normalized spacial score (nSPS) is 20.4. The Kier molecular flexibility index (Phi) is 4.29. The van der Waals surface area contributed by atoms with Crippen LogP contribution in [0.15, 0.2) is 18.2 Å². The minimum atomic E-state index is -3.12. The fourth-order valence-corrected chi connectivity index (χ4v) is 4.90. The molecule has 0 amide bonds. The molecule has 0 aromatic heterocycles. The zero-order valence-electron chi connectivity index (χ0n) is 13.1. The van der Waals surface area contributed by atoms with E-state index in [1.807, 2.05) is 13.0 Å². The third kappa shape index (κ3) is 3.32. The molecule has 0 bridgehead atoms. The Morgan fingerprint density at radius 3 is 2.43 bits per heavy atom. The van der Waals surface area contributed by atoms with Gasteiger partial charge in [0.05, 0.1) is 10.2 Å². The molecule has 2 fully saturated rings. The molecule has 126 valence electrons. The van der Waals surface area contributed by atoms with Crippen molar-refractivity contribution in [2.75, 3.05) is 18.4 Å². The lowest BCUT2D eigenvalue weighted by atomic mass is 10.0. The summed E-state index contributed by atoms with van der Waals surface area (Å²) in [4.78, 5) is 10.8. The number of hydrogen-bond acceptors (Lipinski definition) is 5. The number of aryl methyl sites for hydroxylation is 1. The number of nitro groups is 1. The third-order valence-electron chi connectivity index (χ3n) is 4.56. The van der Waals surface area contributed by atoms with Gasteiger partial charge in [-0.05, 0) is 38.2 Å². The molecule has 0 atom stereocenters. The second kappa shape index (κ2) is 6.09. The standard InChI is InChI=1S/C15H21N3O4S/c1-11-3-2-4-14(18(19)20)15(11)16-12-7-9-17(10-8-12)23(21,22)13-5-6-13/h2-4,12-13,16H,5-10H2,1H3. The van der Waals surface area contributed by atoms with Gasteiger partial charge in [-0.25, -0.2) is 12.7 Å². The summed E-state index contributed by atoms with van der Waals surface area (Å²) in [5.74, 6) is 0. The highest BCUT2D eigenvalue weighted by atomic mass is 32.2. The molecular weight excluding hydrogens is 318 g/mol. The van der Waals surface area contributed by atoms with Crippen molar-refractivity contribution < 1.29 is 13.3 Å². The molecule has 1 N–H and O–H groups in total. The van der Waals surface area contributed by atoms with Gasteiger partial charge >= 0.3 is 0 Å². The zero-order chi connectivity index (χ0) is 16.6. The molecule has 1 heterocycles. The number of rotatable bonds is 5. The average Bonchev–Trinajstić information content (AvgIpc) is 3.35. The quantitative estimate of drug-likeness (QED) is 0.656. The van der Waals surface area contributed by atoms with Gasteiger partial charge in [0.2, 0.25) is 10.0 Å². The molecule has 8 heteroatoms. The van der Waals surface area contributed by atoms with Gasteiger partial charge < -0.3 is 5.32 Å². The first-order valence-electron chi connectivity index (χ1n) is 7.89. The number of hydrogen-bond donors (Lipinski definition) is 1. The smallest absolute Gasteiger partial charge is 0.292 e. The molecule has 0 radical (unpaired) electrons. The maximum absolute atomic E-state index is 12.2. The van der Waals surface area contributed by atoms with Crippen LogP contribution >= 0.6 is 0 Å². The van der Waals surface area contributed by atoms with Crippen molar-refractivity contribution in [1.82, 2.24) is 4.31 Å². The first kappa shape index (κ1) is 16.2. The molecule has 1 aromatic carbocycles. The lowest BCUT2D eigenvalue weighted by Gasteiger charge is -2.32. The topological polar surface area (TPSA) is 92.6 Å². The molecule has 1 aliphatic heterocycles. The molecule has 0 spiro atoms. The van der Waals surface area contributed by atoms with E-state index in [0.29, 0.717) is 31.6 Å². The number of para-hydroxylation sites is 1. The Morgan fingerprint density at radius 1 is 1.22 bits per heavy atom. The van der Waals surface area contributed by atoms with E-state index in [2.05, 4.69) is 5.32 Å². The van der Waals surface area contributed by atoms with Crippen molar-refractivity contribution in [3.05, 3.63) is 33.9 Å². The van der Waals surface area contributed by atoms with E-state index >= 15 is 0 Å². The highest BCUT2D eigenvalue weighted by molar-refractivity contribution is 7.90. The molecule has 0 unspecified atom stereocenters. The van der Waals surface area contributed by atoms with Crippen LogP contribution < -0.4 is 5.32 Å². The number of nitrogens with zero attached hydrogens (tertiary/aromatic N) is 2. The molecule has 3 rings (SSSR count). The van der Waals surface area contributed by atoms with Crippen LogP contribution in [0, 0.1) is 17.0 Å². The van der Waals surface area contributed by atoms with Crippen LogP contribution in [-0.4, -0.2) is 42.0 Å². The van der Waals surface area contributed by atoms with E-state index in [-0.39, 0.29) is 21.9 Å². The highest BCUT2D eigenvalue weighted by Crippen LogP contribution is 2.34. The summed E-state index contributed by atoms with van der Waals surface area (Å²) in [5.41, 5.74) is 1.44. The molecular formula is C15H21N3O4S. The van der Waals surface area contributed by atoms with Crippen LogP contribution in [0.2, 0.25) is 0 Å². The van der Waals surface area contributed by atoms with Crippen molar-refractivity contribution in [2.45, 2.75) is 43.9 Å². The molecule has 1 aromatic rings. The monoisotopic (exact) mass is 339 g/mol. The Morgan fingerprint density at radius 2 is 1.87 bits per heavy atom. The number of benzene rings is 1. The lowest BCUT2D eigenvalue weighted by molar-refractivity contribution is -0.384. The molecule has 1 saturated heterocycles. The van der Waals surface area contributed by atoms with Crippen LogP contribution in [0.25, 0.3) is 0 Å². The van der Waals surface area contributed by atoms with E-state index in [1.165, 1.54) is 6.07 Å². The van der Waals surface area contributed by atoms with Gasteiger partial charge in [0.25, 0.3) is 5.69 Å². The van der Waals surface area contributed by atoms with Crippen LogP contribution in [-0.2, 0) is 10.0 Å². The number of nitrogens with one attached hydrogen (secondary N) is 1. The van der Waals surface area contributed by atoms with Crippen LogP contribution in [0.5, 0.6) is 0 Å². The van der Waals surface area contributed by atoms with Gasteiger partial charge in [-0.15, -0.1) is 0 Å². The summed E-state index contributed by atoms with van der Waals surface area (Å²) < 4.78 is 26.0. The van der Waals surface area contributed by atoms with E-state index in [9.17, 15) is 18.5 Å². The van der Waals surface area contributed by atoms with Crippen molar-refractivity contribution in [1.29, 1.82) is 0 Å². The molecule has 1 saturated carbocycles. The van der Waals surface area contributed by atoms with Crippen LogP contribution in [0.4, 0.5) is 11.4 Å². The van der Waals surface area contributed by atoms with Crippen molar-refractivity contribution in [2.24, 2.45) is 0 Å². The summed E-state index contributed by atoms with van der Waals surface area (Å²) in [6.07, 6.45) is 2.88. The van der Waals surface area contributed by atoms with Gasteiger partial charge in [-0.3, -0.25) is 10.1 Å². The summed E-state index contributed by atoms with van der Waals surface area (Å²) >= 11 is 0. The maximum atomic E-state index is 12.2. The first-order valence-corrected chi connectivity index (χ1v) is 9.39. The van der Waals surface area contributed by atoms with Gasteiger partial charge in [0.15, 0.2) is 0 Å². The van der Waals surface area contributed by atoms with E-state index in [4.69, 9.17) is 0 Å². The van der Waals surface area contributed by atoms with Crippen molar-refractivity contribution in [3.63, 3.8) is 0 Å². The number of piperidine rings is 1. The lowest BCUT2D eigenvalue weighted by Crippen LogP contribution is -2.43. The predicted molar refractivity (Wildman–Crippen MR) is 88.0 cm³/mol. The maximum Gasteiger partial charge on any atom is 0.292 e. The molecule has 1 aliphatic carbocycles.